The summed E-state index contributed by atoms with van der Waals surface area (Å²) in [4.78, 5) is 25.0. The molecule has 0 aliphatic heterocycles. The number of aliphatic carboxylic acids is 2. The minimum absolute atomic E-state index is 0.00769. The van der Waals surface area contributed by atoms with Gasteiger partial charge in [0, 0.05) is 23.7 Å². The first-order chi connectivity index (χ1) is 12.6. The fourth-order valence-electron chi connectivity index (χ4n) is 8.40. The lowest BCUT2D eigenvalue weighted by molar-refractivity contribution is -0.358. The van der Waals surface area contributed by atoms with Crippen LogP contribution >= 0.6 is 0 Å². The topological polar surface area (TPSA) is 74.6 Å². The molecule has 5 aliphatic carbocycles. The van der Waals surface area contributed by atoms with Gasteiger partial charge in [0.15, 0.2) is 0 Å². The molecular formula is C22H16O4. The van der Waals surface area contributed by atoms with Crippen LogP contribution in [0.4, 0.5) is 0 Å². The molecule has 0 radical (unpaired) electrons. The van der Waals surface area contributed by atoms with Crippen molar-refractivity contribution in [3.8, 4) is 0 Å². The highest BCUT2D eigenvalue weighted by atomic mass is 16.4. The molecule has 0 bridgehead atoms. The molecule has 4 unspecified atom stereocenters. The SMILES string of the molecule is O=C(O)C12C3c4ccccc4C4C5c6ccccc6C3C1C5(C(=O)O)C42. The summed E-state index contributed by atoms with van der Waals surface area (Å²) >= 11 is 0. The number of benzene rings is 2. The van der Waals surface area contributed by atoms with Crippen molar-refractivity contribution in [1.82, 2.24) is 0 Å². The second-order valence-electron chi connectivity index (χ2n) is 8.70. The van der Waals surface area contributed by atoms with E-state index >= 15 is 0 Å². The quantitative estimate of drug-likeness (QED) is 0.877. The van der Waals surface area contributed by atoms with E-state index < -0.39 is 22.8 Å². The summed E-state index contributed by atoms with van der Waals surface area (Å²) in [7, 11) is 0. The standard InChI is InChI=1S/C22H16O4/c23-19(24)21-15-11-7-3-1-5-9(11)13-16-12-8-4-2-6-10(12)14(15)18(21)22(16,17(13)21)20(25)26/h1-8,13-18H,(H,23,24)(H,25,26). The summed E-state index contributed by atoms with van der Waals surface area (Å²) in [5, 5.41) is 20.5. The maximum Gasteiger partial charge on any atom is 0.310 e. The van der Waals surface area contributed by atoms with E-state index in [9.17, 15) is 19.8 Å². The fraction of sp³-hybridized carbons (Fsp3) is 0.364. The van der Waals surface area contributed by atoms with Crippen molar-refractivity contribution in [2.45, 2.75) is 23.7 Å². The molecule has 0 amide bonds. The molecule has 0 saturated heterocycles. The van der Waals surface area contributed by atoms with E-state index in [1.807, 2.05) is 24.3 Å². The summed E-state index contributed by atoms with van der Waals surface area (Å²) in [6, 6.07) is 16.3. The Morgan fingerprint density at radius 1 is 0.654 bits per heavy atom. The van der Waals surface area contributed by atoms with Gasteiger partial charge in [-0.05, 0) is 34.1 Å². The number of hydrogen-bond donors (Lipinski definition) is 2. The van der Waals surface area contributed by atoms with Gasteiger partial charge in [0.25, 0.3) is 0 Å². The number of rotatable bonds is 2. The Balaban J connectivity index is 1.64. The van der Waals surface area contributed by atoms with Crippen molar-refractivity contribution >= 4 is 11.9 Å². The molecule has 2 aromatic carbocycles. The number of carbonyl (C=O) groups is 2. The van der Waals surface area contributed by atoms with Gasteiger partial charge in [-0.15, -0.1) is 0 Å². The van der Waals surface area contributed by atoms with Gasteiger partial charge >= 0.3 is 11.9 Å². The van der Waals surface area contributed by atoms with Gasteiger partial charge < -0.3 is 10.2 Å². The zero-order valence-electron chi connectivity index (χ0n) is 13.8. The van der Waals surface area contributed by atoms with Gasteiger partial charge in [-0.25, -0.2) is 0 Å². The van der Waals surface area contributed by atoms with Crippen LogP contribution in [0.2, 0.25) is 0 Å². The minimum Gasteiger partial charge on any atom is -0.481 e. The van der Waals surface area contributed by atoms with Gasteiger partial charge in [0.1, 0.15) is 0 Å². The summed E-state index contributed by atoms with van der Waals surface area (Å²) in [5.41, 5.74) is 2.92. The van der Waals surface area contributed by atoms with Crippen LogP contribution in [0.25, 0.3) is 0 Å². The molecule has 4 atom stereocenters. The van der Waals surface area contributed by atoms with E-state index in [2.05, 4.69) is 24.3 Å². The van der Waals surface area contributed by atoms with Crippen LogP contribution in [0.3, 0.4) is 0 Å². The first-order valence-electron chi connectivity index (χ1n) is 9.23. The summed E-state index contributed by atoms with van der Waals surface area (Å²) in [6.07, 6.45) is 0. The molecule has 0 aromatic heterocycles. The van der Waals surface area contributed by atoms with Gasteiger partial charge in [-0.1, -0.05) is 48.5 Å². The van der Waals surface area contributed by atoms with Crippen LogP contribution in [0.5, 0.6) is 0 Å². The average Bonchev–Trinajstić information content (AvgIpc) is 2.55. The zero-order valence-corrected chi connectivity index (χ0v) is 13.8. The van der Waals surface area contributed by atoms with Gasteiger partial charge in [-0.2, -0.15) is 0 Å². The lowest BCUT2D eigenvalue weighted by Crippen LogP contribution is -2.91. The van der Waals surface area contributed by atoms with E-state index in [1.165, 1.54) is 11.1 Å². The van der Waals surface area contributed by atoms with Gasteiger partial charge in [0.05, 0.1) is 10.8 Å². The van der Waals surface area contributed by atoms with Crippen molar-refractivity contribution < 1.29 is 19.8 Å². The Morgan fingerprint density at radius 3 is 1.35 bits per heavy atom. The van der Waals surface area contributed by atoms with E-state index in [0.29, 0.717) is 0 Å². The molecule has 3 saturated carbocycles. The number of carboxylic acid groups (broad SMARTS) is 2. The lowest BCUT2D eigenvalue weighted by atomic mass is 9.09. The first-order valence-corrected chi connectivity index (χ1v) is 9.23. The predicted molar refractivity (Wildman–Crippen MR) is 91.0 cm³/mol. The van der Waals surface area contributed by atoms with Crippen molar-refractivity contribution in [3.63, 3.8) is 0 Å². The largest absolute Gasteiger partial charge is 0.481 e. The first kappa shape index (κ1) is 13.6. The molecule has 3 fully saturated rings. The summed E-state index contributed by atoms with van der Waals surface area (Å²) in [5.74, 6) is -2.31. The maximum absolute atomic E-state index is 12.5. The van der Waals surface area contributed by atoms with E-state index in [4.69, 9.17) is 0 Å². The smallest absolute Gasteiger partial charge is 0.310 e. The second kappa shape index (κ2) is 3.59. The molecular weight excluding hydrogens is 328 g/mol. The van der Waals surface area contributed by atoms with Crippen LogP contribution in [0.1, 0.15) is 45.9 Å². The monoisotopic (exact) mass is 344 g/mol. The fourth-order valence-corrected chi connectivity index (χ4v) is 8.40. The van der Waals surface area contributed by atoms with Crippen LogP contribution in [-0.2, 0) is 9.59 Å². The third-order valence-electron chi connectivity index (χ3n) is 8.65. The average molecular weight is 344 g/mol. The third-order valence-corrected chi connectivity index (χ3v) is 8.65. The van der Waals surface area contributed by atoms with Gasteiger partial charge in [-0.3, -0.25) is 9.59 Å². The maximum atomic E-state index is 12.5. The number of hydrogen-bond acceptors (Lipinski definition) is 2. The van der Waals surface area contributed by atoms with Crippen molar-refractivity contribution in [1.29, 1.82) is 0 Å². The predicted octanol–water partition coefficient (Wildman–Crippen LogP) is 3.16. The van der Waals surface area contributed by atoms with Crippen molar-refractivity contribution in [2.75, 3.05) is 0 Å². The highest BCUT2D eigenvalue weighted by molar-refractivity contribution is 5.96. The Hall–Kier alpha value is -2.62. The van der Waals surface area contributed by atoms with Crippen LogP contribution < -0.4 is 0 Å². The molecule has 0 heterocycles. The van der Waals surface area contributed by atoms with Crippen molar-refractivity contribution in [3.05, 3.63) is 70.8 Å². The zero-order chi connectivity index (χ0) is 17.6. The van der Waals surface area contributed by atoms with E-state index in [-0.39, 0.29) is 35.5 Å². The Bertz CT molecular complexity index is 976. The Morgan fingerprint density at radius 2 is 1.00 bits per heavy atom. The summed E-state index contributed by atoms with van der Waals surface area (Å²) in [6.45, 7) is 0. The normalized spacial score (nSPS) is 46.6. The summed E-state index contributed by atoms with van der Waals surface area (Å²) < 4.78 is 0. The molecule has 4 nitrogen and oxygen atoms in total. The highest BCUT2D eigenvalue weighted by Crippen LogP contribution is 2.98. The second-order valence-corrected chi connectivity index (χ2v) is 8.70. The van der Waals surface area contributed by atoms with Crippen LogP contribution in [0.15, 0.2) is 48.5 Å². The molecule has 7 rings (SSSR count). The van der Waals surface area contributed by atoms with Gasteiger partial charge in [0.2, 0.25) is 0 Å². The molecule has 4 heteroatoms. The lowest BCUT2D eigenvalue weighted by Gasteiger charge is -2.90. The number of fused-ring (bicyclic) bond motifs is 8. The molecule has 128 valence electrons. The molecule has 5 aliphatic rings. The molecule has 0 spiro atoms. The van der Waals surface area contributed by atoms with Crippen LogP contribution in [-0.4, -0.2) is 22.2 Å². The van der Waals surface area contributed by atoms with Crippen LogP contribution in [0, 0.1) is 22.7 Å². The molecule has 26 heavy (non-hydrogen) atoms. The molecule has 2 N–H and O–H groups in total. The Labute approximate surface area is 149 Å². The van der Waals surface area contributed by atoms with E-state index in [0.717, 1.165) is 11.1 Å². The molecule has 2 aromatic rings. The minimum atomic E-state index is -0.883. The van der Waals surface area contributed by atoms with E-state index in [1.54, 1.807) is 0 Å². The third kappa shape index (κ3) is 0.899. The Kier molecular flexibility index (Phi) is 1.87. The van der Waals surface area contributed by atoms with Crippen molar-refractivity contribution in [2.24, 2.45) is 22.7 Å². The number of carboxylic acids is 2. The highest BCUT2D eigenvalue weighted by Gasteiger charge is 2.98.